The molecule has 0 atom stereocenters. The fraction of sp³-hybridized carbons (Fsp3) is 0.227. The zero-order chi connectivity index (χ0) is 19.4. The molecule has 2 heterocycles. The monoisotopic (exact) mass is 393 g/mol. The van der Waals surface area contributed by atoms with Crippen LogP contribution in [0, 0.1) is 0 Å². The molecule has 0 bridgehead atoms. The summed E-state index contributed by atoms with van der Waals surface area (Å²) in [6.07, 6.45) is 4.28. The van der Waals surface area contributed by atoms with E-state index in [0.29, 0.717) is 31.1 Å². The van der Waals surface area contributed by atoms with Crippen molar-refractivity contribution in [1.29, 1.82) is 0 Å². The van der Waals surface area contributed by atoms with Gasteiger partial charge >= 0.3 is 0 Å². The van der Waals surface area contributed by atoms with Crippen molar-refractivity contribution < 1.29 is 8.42 Å². The molecule has 1 aromatic heterocycles. The second-order valence-corrected chi connectivity index (χ2v) is 8.90. The smallest absolute Gasteiger partial charge is 0.243 e. The van der Waals surface area contributed by atoms with Crippen LogP contribution >= 0.6 is 0 Å². The predicted octanol–water partition coefficient (Wildman–Crippen LogP) is 3.12. The van der Waals surface area contributed by atoms with Crippen molar-refractivity contribution in [2.45, 2.75) is 31.0 Å². The molecule has 1 N–H and O–H groups in total. The van der Waals surface area contributed by atoms with Gasteiger partial charge in [0.1, 0.15) is 0 Å². The zero-order valence-electron chi connectivity index (χ0n) is 15.6. The van der Waals surface area contributed by atoms with E-state index in [0.717, 1.165) is 23.1 Å². The van der Waals surface area contributed by atoms with E-state index in [1.165, 1.54) is 5.56 Å². The van der Waals surface area contributed by atoms with E-state index in [9.17, 15) is 8.42 Å². The van der Waals surface area contributed by atoms with Crippen LogP contribution in [0.4, 0.5) is 0 Å². The average molecular weight is 394 g/mol. The summed E-state index contributed by atoms with van der Waals surface area (Å²) in [5.41, 5.74) is 4.42. The molecule has 0 fully saturated rings. The molecule has 0 unspecified atom stereocenters. The molecule has 1 aliphatic heterocycles. The largest absolute Gasteiger partial charge is 0.309 e. The summed E-state index contributed by atoms with van der Waals surface area (Å²) in [5.74, 6) is 0. The maximum Gasteiger partial charge on any atom is 0.243 e. The first-order chi connectivity index (χ1) is 13.6. The summed E-state index contributed by atoms with van der Waals surface area (Å²) in [7, 11) is -3.51. The molecular weight excluding hydrogens is 370 g/mol. The molecular formula is C22H23N3O2S. The SMILES string of the molecule is O=S(=O)(c1cccc(CNCc2ccncc2)c1)N1CCc2ccccc2C1. The van der Waals surface area contributed by atoms with Crippen molar-refractivity contribution in [1.82, 2.24) is 14.6 Å². The highest BCUT2D eigenvalue weighted by Crippen LogP contribution is 2.25. The molecule has 0 aliphatic carbocycles. The Morgan fingerprint density at radius 3 is 2.46 bits per heavy atom. The summed E-state index contributed by atoms with van der Waals surface area (Å²) >= 11 is 0. The van der Waals surface area contributed by atoms with Gasteiger partial charge in [-0.2, -0.15) is 4.31 Å². The third kappa shape index (κ3) is 4.14. The van der Waals surface area contributed by atoms with Gasteiger partial charge in [0.25, 0.3) is 0 Å². The number of hydrogen-bond donors (Lipinski definition) is 1. The number of fused-ring (bicyclic) bond motifs is 1. The lowest BCUT2D eigenvalue weighted by Gasteiger charge is -2.28. The first-order valence-electron chi connectivity index (χ1n) is 9.38. The van der Waals surface area contributed by atoms with E-state index in [1.807, 2.05) is 42.5 Å². The minimum Gasteiger partial charge on any atom is -0.309 e. The lowest BCUT2D eigenvalue weighted by atomic mass is 10.0. The van der Waals surface area contributed by atoms with Crippen LogP contribution in [0.15, 0.2) is 78.0 Å². The van der Waals surface area contributed by atoms with Crippen LogP contribution in [0.3, 0.4) is 0 Å². The summed E-state index contributed by atoms with van der Waals surface area (Å²) in [6.45, 7) is 2.27. The number of benzene rings is 2. The Balaban J connectivity index is 1.46. The molecule has 0 spiro atoms. The van der Waals surface area contributed by atoms with E-state index in [1.54, 1.807) is 28.8 Å². The van der Waals surface area contributed by atoms with Crippen molar-refractivity contribution in [2.75, 3.05) is 6.54 Å². The molecule has 3 aromatic rings. The fourth-order valence-electron chi connectivity index (χ4n) is 3.49. The van der Waals surface area contributed by atoms with Gasteiger partial charge in [0.05, 0.1) is 4.90 Å². The molecule has 2 aromatic carbocycles. The van der Waals surface area contributed by atoms with Crippen LogP contribution in [0.2, 0.25) is 0 Å². The highest BCUT2D eigenvalue weighted by Gasteiger charge is 2.28. The number of pyridine rings is 1. The van der Waals surface area contributed by atoms with E-state index in [2.05, 4.69) is 16.4 Å². The third-order valence-electron chi connectivity index (χ3n) is 5.04. The van der Waals surface area contributed by atoms with Crippen molar-refractivity contribution in [3.8, 4) is 0 Å². The second-order valence-electron chi connectivity index (χ2n) is 6.96. The average Bonchev–Trinajstić information content (AvgIpc) is 2.74. The van der Waals surface area contributed by atoms with Crippen molar-refractivity contribution in [3.63, 3.8) is 0 Å². The molecule has 0 saturated heterocycles. The van der Waals surface area contributed by atoms with E-state index < -0.39 is 10.0 Å². The Labute approximate surface area is 166 Å². The van der Waals surface area contributed by atoms with Gasteiger partial charge in [0.2, 0.25) is 10.0 Å². The first-order valence-corrected chi connectivity index (χ1v) is 10.8. The molecule has 0 amide bonds. The van der Waals surface area contributed by atoms with Crippen LogP contribution in [-0.2, 0) is 36.1 Å². The number of nitrogens with zero attached hydrogens (tertiary/aromatic N) is 2. The maximum absolute atomic E-state index is 13.1. The number of nitrogens with one attached hydrogen (secondary N) is 1. The molecule has 5 nitrogen and oxygen atoms in total. The van der Waals surface area contributed by atoms with Crippen LogP contribution in [0.25, 0.3) is 0 Å². The van der Waals surface area contributed by atoms with Crippen LogP contribution in [-0.4, -0.2) is 24.3 Å². The van der Waals surface area contributed by atoms with Crippen molar-refractivity contribution in [3.05, 3.63) is 95.3 Å². The van der Waals surface area contributed by atoms with Gasteiger partial charge in [-0.1, -0.05) is 36.4 Å². The standard InChI is InChI=1S/C22H23N3O2S/c26-28(27,25-13-10-20-5-1-2-6-21(20)17-25)22-7-3-4-19(14-22)16-24-15-18-8-11-23-12-9-18/h1-9,11-12,14,24H,10,13,15-17H2. The van der Waals surface area contributed by atoms with Gasteiger partial charge < -0.3 is 5.32 Å². The van der Waals surface area contributed by atoms with Crippen LogP contribution in [0.1, 0.15) is 22.3 Å². The zero-order valence-corrected chi connectivity index (χ0v) is 16.4. The fourth-order valence-corrected chi connectivity index (χ4v) is 4.98. The van der Waals surface area contributed by atoms with E-state index in [4.69, 9.17) is 0 Å². The first kappa shape index (κ1) is 18.8. The molecule has 1 aliphatic rings. The highest BCUT2D eigenvalue weighted by molar-refractivity contribution is 7.89. The summed E-state index contributed by atoms with van der Waals surface area (Å²) in [5, 5.41) is 3.35. The van der Waals surface area contributed by atoms with Crippen LogP contribution < -0.4 is 5.32 Å². The Morgan fingerprint density at radius 1 is 0.893 bits per heavy atom. The number of rotatable bonds is 6. The molecule has 0 radical (unpaired) electrons. The quantitative estimate of drug-likeness (QED) is 0.699. The summed E-state index contributed by atoms with van der Waals surface area (Å²) in [4.78, 5) is 4.37. The van der Waals surface area contributed by atoms with Gasteiger partial charge in [0.15, 0.2) is 0 Å². The highest BCUT2D eigenvalue weighted by atomic mass is 32.2. The summed E-state index contributed by atoms with van der Waals surface area (Å²) in [6, 6.07) is 19.2. The van der Waals surface area contributed by atoms with Gasteiger partial charge in [-0.25, -0.2) is 8.42 Å². The van der Waals surface area contributed by atoms with Gasteiger partial charge in [0, 0.05) is 38.6 Å². The normalized spacial score (nSPS) is 14.6. The number of sulfonamides is 1. The summed E-state index contributed by atoms with van der Waals surface area (Å²) < 4.78 is 27.9. The van der Waals surface area contributed by atoms with Gasteiger partial charge in [-0.15, -0.1) is 0 Å². The van der Waals surface area contributed by atoms with Crippen molar-refractivity contribution >= 4 is 10.0 Å². The van der Waals surface area contributed by atoms with E-state index >= 15 is 0 Å². The maximum atomic E-state index is 13.1. The number of aromatic nitrogens is 1. The van der Waals surface area contributed by atoms with Crippen molar-refractivity contribution in [2.24, 2.45) is 0 Å². The van der Waals surface area contributed by atoms with Gasteiger partial charge in [-0.05, 0) is 52.9 Å². The van der Waals surface area contributed by atoms with E-state index in [-0.39, 0.29) is 0 Å². The Morgan fingerprint density at radius 2 is 1.64 bits per heavy atom. The molecule has 0 saturated carbocycles. The lowest BCUT2D eigenvalue weighted by Crippen LogP contribution is -2.36. The number of hydrogen-bond acceptors (Lipinski definition) is 4. The minimum absolute atomic E-state index is 0.357. The Hall–Kier alpha value is -2.54. The van der Waals surface area contributed by atoms with Gasteiger partial charge in [-0.3, -0.25) is 4.98 Å². The molecule has 144 valence electrons. The lowest BCUT2D eigenvalue weighted by molar-refractivity contribution is 0.391. The topological polar surface area (TPSA) is 62.3 Å². The molecule has 28 heavy (non-hydrogen) atoms. The minimum atomic E-state index is -3.51. The Bertz CT molecular complexity index is 1050. The molecule has 6 heteroatoms. The Kier molecular flexibility index (Phi) is 5.52. The third-order valence-corrected chi connectivity index (χ3v) is 6.88. The molecule has 4 rings (SSSR count). The van der Waals surface area contributed by atoms with Crippen LogP contribution in [0.5, 0.6) is 0 Å². The predicted molar refractivity (Wildman–Crippen MR) is 109 cm³/mol. The second kappa shape index (κ2) is 8.22.